The molecule has 5 heteroatoms. The zero-order valence-corrected chi connectivity index (χ0v) is 13.8. The van der Waals surface area contributed by atoms with Crippen molar-refractivity contribution in [2.75, 3.05) is 13.7 Å². The first-order valence-corrected chi connectivity index (χ1v) is 7.78. The quantitative estimate of drug-likeness (QED) is 0.929. The molecule has 0 radical (unpaired) electrons. The van der Waals surface area contributed by atoms with Crippen LogP contribution in [0.5, 0.6) is 5.75 Å². The Kier molecular flexibility index (Phi) is 5.29. The Hall–Kier alpha value is -1.75. The average Bonchev–Trinajstić information content (AvgIpc) is 2.78. The lowest BCUT2D eigenvalue weighted by molar-refractivity contribution is 0.0896. The van der Waals surface area contributed by atoms with E-state index in [2.05, 4.69) is 26.0 Å². The highest BCUT2D eigenvalue weighted by atomic mass is 16.5. The summed E-state index contributed by atoms with van der Waals surface area (Å²) in [5.74, 6) is 1.29. The monoisotopic (exact) mass is 306 g/mol. The second kappa shape index (κ2) is 7.01. The number of amides is 1. The molecule has 1 saturated heterocycles. The van der Waals surface area contributed by atoms with Crippen LogP contribution >= 0.6 is 0 Å². The molecule has 1 aliphatic rings. The van der Waals surface area contributed by atoms with Crippen LogP contribution in [0.4, 0.5) is 4.79 Å². The largest absolute Gasteiger partial charge is 0.491 e. The molecule has 1 fully saturated rings. The van der Waals surface area contributed by atoms with Crippen LogP contribution in [-0.2, 0) is 4.74 Å². The van der Waals surface area contributed by atoms with Gasteiger partial charge >= 0.3 is 6.09 Å². The summed E-state index contributed by atoms with van der Waals surface area (Å²) >= 11 is 0. The molecule has 0 saturated carbocycles. The summed E-state index contributed by atoms with van der Waals surface area (Å²) in [6.45, 7) is 6.67. The molecule has 3 atom stereocenters. The van der Waals surface area contributed by atoms with Crippen molar-refractivity contribution in [2.45, 2.75) is 51.2 Å². The van der Waals surface area contributed by atoms with Crippen molar-refractivity contribution in [3.63, 3.8) is 0 Å². The highest BCUT2D eigenvalue weighted by Gasteiger charge is 2.41. The fourth-order valence-corrected chi connectivity index (χ4v) is 2.95. The number of rotatable bonds is 4. The van der Waals surface area contributed by atoms with Crippen molar-refractivity contribution in [2.24, 2.45) is 5.73 Å². The summed E-state index contributed by atoms with van der Waals surface area (Å²) in [6.07, 6.45) is 0.416. The second-order valence-electron chi connectivity index (χ2n) is 6.23. The number of nitrogens with two attached hydrogens (primary N) is 1. The molecule has 0 aromatic heterocycles. The van der Waals surface area contributed by atoms with Gasteiger partial charge in [0.2, 0.25) is 0 Å². The third-order valence-corrected chi connectivity index (χ3v) is 4.29. The fraction of sp³-hybridized carbons (Fsp3) is 0.588. The minimum Gasteiger partial charge on any atom is -0.491 e. The summed E-state index contributed by atoms with van der Waals surface area (Å²) in [7, 11) is 1.39. The molecule has 2 rings (SSSR count). The Balaban J connectivity index is 2.01. The van der Waals surface area contributed by atoms with E-state index in [9.17, 15) is 4.79 Å². The van der Waals surface area contributed by atoms with Gasteiger partial charge in [-0.3, -0.25) is 4.90 Å². The van der Waals surface area contributed by atoms with Crippen molar-refractivity contribution < 1.29 is 14.3 Å². The van der Waals surface area contributed by atoms with Crippen molar-refractivity contribution in [1.29, 1.82) is 0 Å². The standard InChI is InChI=1S/C17H26N2O3/c1-11(2)13-5-7-14(8-6-13)22-10-16-15(18)9-12(3)19(16)17(20)21-4/h5-8,11-12,15-16H,9-10,18H2,1-4H3/t12-,15+,16+/m1/s1. The smallest absolute Gasteiger partial charge is 0.410 e. The number of nitrogens with zero attached hydrogens (tertiary/aromatic N) is 1. The summed E-state index contributed by atoms with van der Waals surface area (Å²) in [4.78, 5) is 13.6. The molecule has 1 aromatic rings. The molecule has 1 amide bonds. The van der Waals surface area contributed by atoms with Gasteiger partial charge in [0.25, 0.3) is 0 Å². The maximum atomic E-state index is 11.9. The minimum atomic E-state index is -0.343. The average molecular weight is 306 g/mol. The highest BCUT2D eigenvalue weighted by Crippen LogP contribution is 2.25. The fourth-order valence-electron chi connectivity index (χ4n) is 2.95. The van der Waals surface area contributed by atoms with Crippen LogP contribution in [-0.4, -0.2) is 42.8 Å². The van der Waals surface area contributed by atoms with Gasteiger partial charge in [0.1, 0.15) is 12.4 Å². The Labute approximate surface area is 132 Å². The van der Waals surface area contributed by atoms with Crippen LogP contribution in [0.3, 0.4) is 0 Å². The molecule has 2 N–H and O–H groups in total. The van der Waals surface area contributed by atoms with Gasteiger partial charge in [0, 0.05) is 12.1 Å². The molecule has 1 aliphatic heterocycles. The molecule has 1 aromatic carbocycles. The lowest BCUT2D eigenvalue weighted by Crippen LogP contribution is -2.47. The van der Waals surface area contributed by atoms with Crippen LogP contribution in [0.2, 0.25) is 0 Å². The van der Waals surface area contributed by atoms with E-state index in [0.717, 1.165) is 12.2 Å². The first-order chi connectivity index (χ1) is 10.4. The Morgan fingerprint density at radius 3 is 2.55 bits per heavy atom. The van der Waals surface area contributed by atoms with Crippen molar-refractivity contribution in [3.05, 3.63) is 29.8 Å². The molecule has 22 heavy (non-hydrogen) atoms. The van der Waals surface area contributed by atoms with E-state index in [4.69, 9.17) is 15.2 Å². The third kappa shape index (κ3) is 3.53. The van der Waals surface area contributed by atoms with E-state index in [1.54, 1.807) is 4.90 Å². The molecular formula is C17H26N2O3. The summed E-state index contributed by atoms with van der Waals surface area (Å²) in [6, 6.07) is 7.86. The Bertz CT molecular complexity index is 501. The van der Waals surface area contributed by atoms with E-state index in [0.29, 0.717) is 12.5 Å². The normalized spacial score (nSPS) is 24.6. The predicted octanol–water partition coefficient (Wildman–Crippen LogP) is 2.75. The van der Waals surface area contributed by atoms with Gasteiger partial charge in [-0.2, -0.15) is 0 Å². The molecule has 0 bridgehead atoms. The van der Waals surface area contributed by atoms with E-state index >= 15 is 0 Å². The number of ether oxygens (including phenoxy) is 2. The zero-order valence-electron chi connectivity index (χ0n) is 13.8. The van der Waals surface area contributed by atoms with Crippen LogP contribution in [0.1, 0.15) is 38.7 Å². The molecule has 122 valence electrons. The van der Waals surface area contributed by atoms with Gasteiger partial charge in [-0.25, -0.2) is 4.79 Å². The molecule has 0 aliphatic carbocycles. The van der Waals surface area contributed by atoms with Crippen LogP contribution in [0, 0.1) is 0 Å². The van der Waals surface area contributed by atoms with Crippen LogP contribution in [0.15, 0.2) is 24.3 Å². The number of benzene rings is 1. The molecule has 5 nitrogen and oxygen atoms in total. The number of hydrogen-bond acceptors (Lipinski definition) is 4. The van der Waals surface area contributed by atoms with Gasteiger partial charge in [-0.15, -0.1) is 0 Å². The molecule has 0 unspecified atom stereocenters. The van der Waals surface area contributed by atoms with Crippen molar-refractivity contribution >= 4 is 6.09 Å². The molecule has 1 heterocycles. The molecule has 0 spiro atoms. The number of carbonyl (C=O) groups excluding carboxylic acids is 1. The first-order valence-electron chi connectivity index (χ1n) is 7.78. The second-order valence-corrected chi connectivity index (χ2v) is 6.23. The minimum absolute atomic E-state index is 0.0689. The summed E-state index contributed by atoms with van der Waals surface area (Å²) < 4.78 is 10.7. The summed E-state index contributed by atoms with van der Waals surface area (Å²) in [5.41, 5.74) is 7.42. The maximum Gasteiger partial charge on any atom is 0.410 e. The Morgan fingerprint density at radius 1 is 1.36 bits per heavy atom. The molecular weight excluding hydrogens is 280 g/mol. The Morgan fingerprint density at radius 2 is 2.00 bits per heavy atom. The van der Waals surface area contributed by atoms with Crippen molar-refractivity contribution in [3.8, 4) is 5.75 Å². The van der Waals surface area contributed by atoms with Gasteiger partial charge in [-0.1, -0.05) is 26.0 Å². The van der Waals surface area contributed by atoms with E-state index < -0.39 is 0 Å². The highest BCUT2D eigenvalue weighted by molar-refractivity contribution is 5.69. The maximum absolute atomic E-state index is 11.9. The lowest BCUT2D eigenvalue weighted by atomic mass is 10.0. The third-order valence-electron chi connectivity index (χ3n) is 4.29. The van der Waals surface area contributed by atoms with Gasteiger partial charge < -0.3 is 15.2 Å². The van der Waals surface area contributed by atoms with E-state index in [1.165, 1.54) is 12.7 Å². The zero-order chi connectivity index (χ0) is 16.3. The number of methoxy groups -OCH3 is 1. The van der Waals surface area contributed by atoms with Gasteiger partial charge in [-0.05, 0) is 37.0 Å². The summed E-state index contributed by atoms with van der Waals surface area (Å²) in [5, 5.41) is 0. The first kappa shape index (κ1) is 16.6. The van der Waals surface area contributed by atoms with Crippen LogP contribution < -0.4 is 10.5 Å². The van der Waals surface area contributed by atoms with E-state index in [1.807, 2.05) is 19.1 Å². The van der Waals surface area contributed by atoms with Gasteiger partial charge in [0.05, 0.1) is 13.2 Å². The topological polar surface area (TPSA) is 64.8 Å². The number of likely N-dealkylation sites (tertiary alicyclic amines) is 1. The van der Waals surface area contributed by atoms with Gasteiger partial charge in [0.15, 0.2) is 0 Å². The lowest BCUT2D eigenvalue weighted by Gasteiger charge is -2.28. The number of hydrogen-bond donors (Lipinski definition) is 1. The predicted molar refractivity (Wildman–Crippen MR) is 86.1 cm³/mol. The SMILES string of the molecule is COC(=O)N1[C@H](C)C[C@H](N)[C@@H]1COc1ccc(C(C)C)cc1. The van der Waals surface area contributed by atoms with E-state index in [-0.39, 0.29) is 24.2 Å². The number of carbonyl (C=O) groups is 1. The van der Waals surface area contributed by atoms with Crippen molar-refractivity contribution in [1.82, 2.24) is 4.90 Å². The van der Waals surface area contributed by atoms with Crippen LogP contribution in [0.25, 0.3) is 0 Å².